The van der Waals surface area contributed by atoms with Crippen LogP contribution in [-0.4, -0.2) is 60.4 Å². The monoisotopic (exact) mass is 437 g/mol. The van der Waals surface area contributed by atoms with E-state index in [2.05, 4.69) is 0 Å². The van der Waals surface area contributed by atoms with Crippen LogP contribution in [0.25, 0.3) is 0 Å². The predicted molar refractivity (Wildman–Crippen MR) is 120 cm³/mol. The second-order valence-corrected chi connectivity index (χ2v) is 8.26. The standard InChI is InChI=1S/C24H27N3O5/c28-23(25-12-4-5-13-25)17-26(16-20-9-6-14-32-20)21-11-10-19(15-22(21)27(30)31)24(29)18-7-2-1-3-8-18/h1-3,7-8,10-11,15,20H,4-6,9,12-14,16-17H2/t20-/m1/s1. The second-order valence-electron chi connectivity index (χ2n) is 8.26. The zero-order valence-corrected chi connectivity index (χ0v) is 17.9. The molecule has 0 bridgehead atoms. The van der Waals surface area contributed by atoms with E-state index in [1.807, 2.05) is 11.0 Å². The first-order valence-corrected chi connectivity index (χ1v) is 11.1. The summed E-state index contributed by atoms with van der Waals surface area (Å²) in [7, 11) is 0. The highest BCUT2D eigenvalue weighted by Crippen LogP contribution is 2.31. The summed E-state index contributed by atoms with van der Waals surface area (Å²) in [5.41, 5.74) is 0.867. The summed E-state index contributed by atoms with van der Waals surface area (Å²) in [5.74, 6) is -0.321. The van der Waals surface area contributed by atoms with Gasteiger partial charge in [0.2, 0.25) is 5.91 Å². The lowest BCUT2D eigenvalue weighted by atomic mass is 10.0. The summed E-state index contributed by atoms with van der Waals surface area (Å²) >= 11 is 0. The fourth-order valence-electron chi connectivity index (χ4n) is 4.35. The number of nitrogens with zero attached hydrogens (tertiary/aromatic N) is 3. The highest BCUT2D eigenvalue weighted by molar-refractivity contribution is 6.09. The van der Waals surface area contributed by atoms with Crippen LogP contribution in [0.4, 0.5) is 11.4 Å². The normalized spacial score (nSPS) is 18.0. The average Bonchev–Trinajstić information content (AvgIpc) is 3.53. The molecule has 0 unspecified atom stereocenters. The maximum absolute atomic E-state index is 12.9. The molecule has 1 amide bonds. The number of nitro groups is 1. The van der Waals surface area contributed by atoms with Gasteiger partial charge in [0.15, 0.2) is 5.78 Å². The van der Waals surface area contributed by atoms with Crippen LogP contribution in [0, 0.1) is 10.1 Å². The van der Waals surface area contributed by atoms with E-state index in [0.717, 1.165) is 38.8 Å². The Hall–Kier alpha value is -3.26. The van der Waals surface area contributed by atoms with Crippen molar-refractivity contribution in [1.29, 1.82) is 0 Å². The van der Waals surface area contributed by atoms with Gasteiger partial charge in [-0.3, -0.25) is 19.7 Å². The van der Waals surface area contributed by atoms with E-state index in [9.17, 15) is 19.7 Å². The predicted octanol–water partition coefficient (Wildman–Crippen LogP) is 3.43. The van der Waals surface area contributed by atoms with Crippen molar-refractivity contribution in [1.82, 2.24) is 4.90 Å². The van der Waals surface area contributed by atoms with Crippen molar-refractivity contribution in [3.63, 3.8) is 0 Å². The van der Waals surface area contributed by atoms with Crippen LogP contribution in [0.1, 0.15) is 41.6 Å². The average molecular weight is 437 g/mol. The molecule has 32 heavy (non-hydrogen) atoms. The van der Waals surface area contributed by atoms with Crippen molar-refractivity contribution < 1.29 is 19.2 Å². The first-order valence-electron chi connectivity index (χ1n) is 11.1. The van der Waals surface area contributed by atoms with Gasteiger partial charge < -0.3 is 14.5 Å². The van der Waals surface area contributed by atoms with E-state index in [4.69, 9.17) is 4.74 Å². The van der Waals surface area contributed by atoms with E-state index in [1.165, 1.54) is 6.07 Å². The largest absolute Gasteiger partial charge is 0.376 e. The quantitative estimate of drug-likeness (QED) is 0.357. The van der Waals surface area contributed by atoms with Gasteiger partial charge in [-0.25, -0.2) is 0 Å². The molecule has 2 fully saturated rings. The molecule has 2 aromatic rings. The fraction of sp³-hybridized carbons (Fsp3) is 0.417. The van der Waals surface area contributed by atoms with Crippen molar-refractivity contribution in [3.05, 3.63) is 69.8 Å². The molecule has 2 saturated heterocycles. The lowest BCUT2D eigenvalue weighted by molar-refractivity contribution is -0.384. The van der Waals surface area contributed by atoms with Crippen LogP contribution >= 0.6 is 0 Å². The molecule has 0 N–H and O–H groups in total. The molecular weight excluding hydrogens is 410 g/mol. The number of rotatable bonds is 8. The Labute approximate surface area is 186 Å². The smallest absolute Gasteiger partial charge is 0.293 e. The molecule has 8 heteroatoms. The number of carbonyl (C=O) groups excluding carboxylic acids is 2. The van der Waals surface area contributed by atoms with Crippen LogP contribution in [-0.2, 0) is 9.53 Å². The van der Waals surface area contributed by atoms with Gasteiger partial charge in [-0.2, -0.15) is 0 Å². The molecule has 0 saturated carbocycles. The molecule has 168 valence electrons. The summed E-state index contributed by atoms with van der Waals surface area (Å²) in [5, 5.41) is 12.0. The molecule has 2 heterocycles. The minimum absolute atomic E-state index is 0.0424. The van der Waals surface area contributed by atoms with Crippen LogP contribution in [0.5, 0.6) is 0 Å². The van der Waals surface area contributed by atoms with Gasteiger partial charge in [0.25, 0.3) is 5.69 Å². The molecule has 2 aliphatic heterocycles. The Morgan fingerprint density at radius 1 is 1.06 bits per heavy atom. The summed E-state index contributed by atoms with van der Waals surface area (Å²) < 4.78 is 5.74. The molecule has 1 atom stereocenters. The zero-order valence-electron chi connectivity index (χ0n) is 17.9. The van der Waals surface area contributed by atoms with Crippen molar-refractivity contribution in [2.24, 2.45) is 0 Å². The number of carbonyl (C=O) groups is 2. The third kappa shape index (κ3) is 4.96. The Kier molecular flexibility index (Phi) is 6.80. The molecule has 0 aromatic heterocycles. The minimum Gasteiger partial charge on any atom is -0.376 e. The summed E-state index contributed by atoms with van der Waals surface area (Å²) in [4.78, 5) is 40.7. The van der Waals surface area contributed by atoms with Crippen molar-refractivity contribution >= 4 is 23.1 Å². The van der Waals surface area contributed by atoms with E-state index in [1.54, 1.807) is 41.3 Å². The number of ether oxygens (including phenoxy) is 1. The van der Waals surface area contributed by atoms with Crippen molar-refractivity contribution in [2.75, 3.05) is 37.7 Å². The second kappa shape index (κ2) is 9.91. The van der Waals surface area contributed by atoms with Crippen LogP contribution in [0.3, 0.4) is 0 Å². The van der Waals surface area contributed by atoms with Crippen molar-refractivity contribution in [3.8, 4) is 0 Å². The van der Waals surface area contributed by atoms with Crippen molar-refractivity contribution in [2.45, 2.75) is 31.8 Å². The summed E-state index contributed by atoms with van der Waals surface area (Å²) in [6.45, 7) is 2.54. The van der Waals surface area contributed by atoms with Gasteiger partial charge >= 0.3 is 0 Å². The number of anilines is 1. The van der Waals surface area contributed by atoms with E-state index < -0.39 is 4.92 Å². The maximum atomic E-state index is 12.9. The molecular formula is C24H27N3O5. The topological polar surface area (TPSA) is 93.0 Å². The molecule has 0 radical (unpaired) electrons. The lowest BCUT2D eigenvalue weighted by Crippen LogP contribution is -2.42. The first-order chi connectivity index (χ1) is 15.5. The zero-order chi connectivity index (χ0) is 22.5. The Balaban J connectivity index is 1.64. The summed E-state index contributed by atoms with van der Waals surface area (Å²) in [6.07, 6.45) is 3.67. The molecule has 4 rings (SSSR count). The van der Waals surface area contributed by atoms with Gasteiger partial charge in [-0.05, 0) is 37.8 Å². The maximum Gasteiger partial charge on any atom is 0.293 e. The van der Waals surface area contributed by atoms with E-state index in [-0.39, 0.29) is 35.6 Å². The number of likely N-dealkylation sites (tertiary alicyclic amines) is 1. The van der Waals surface area contributed by atoms with Gasteiger partial charge in [0, 0.05) is 43.4 Å². The lowest BCUT2D eigenvalue weighted by Gasteiger charge is -2.28. The van der Waals surface area contributed by atoms with Gasteiger partial charge in [-0.1, -0.05) is 30.3 Å². The molecule has 2 aliphatic rings. The molecule has 2 aromatic carbocycles. The highest BCUT2D eigenvalue weighted by atomic mass is 16.6. The van der Waals surface area contributed by atoms with Gasteiger partial charge in [0.05, 0.1) is 17.6 Å². The number of hydrogen-bond donors (Lipinski definition) is 0. The number of nitro benzene ring substituents is 1. The Morgan fingerprint density at radius 3 is 2.47 bits per heavy atom. The number of amides is 1. The van der Waals surface area contributed by atoms with Crippen LogP contribution in [0.2, 0.25) is 0 Å². The summed E-state index contributed by atoms with van der Waals surface area (Å²) in [6, 6.07) is 13.2. The van der Waals surface area contributed by atoms with Gasteiger partial charge in [0.1, 0.15) is 5.69 Å². The van der Waals surface area contributed by atoms with Crippen LogP contribution < -0.4 is 4.90 Å². The third-order valence-corrected chi connectivity index (χ3v) is 6.04. The van der Waals surface area contributed by atoms with Crippen LogP contribution in [0.15, 0.2) is 48.5 Å². The van der Waals surface area contributed by atoms with Gasteiger partial charge in [-0.15, -0.1) is 0 Å². The Bertz CT molecular complexity index is 982. The Morgan fingerprint density at radius 2 is 1.81 bits per heavy atom. The number of ketones is 1. The van der Waals surface area contributed by atoms with E-state index >= 15 is 0 Å². The molecule has 0 aliphatic carbocycles. The highest BCUT2D eigenvalue weighted by Gasteiger charge is 2.29. The number of hydrogen-bond acceptors (Lipinski definition) is 6. The third-order valence-electron chi connectivity index (χ3n) is 6.04. The fourth-order valence-corrected chi connectivity index (χ4v) is 4.35. The number of benzene rings is 2. The van der Waals surface area contributed by atoms with E-state index in [0.29, 0.717) is 24.4 Å². The SMILES string of the molecule is O=C(c1ccccc1)c1ccc(N(CC(=O)N2CCCC2)C[C@H]2CCCO2)c([N+](=O)[O-])c1. The molecule has 0 spiro atoms. The minimum atomic E-state index is -0.486. The first kappa shape index (κ1) is 22.0. The molecule has 8 nitrogen and oxygen atoms in total.